The van der Waals surface area contributed by atoms with Gasteiger partial charge in [-0.25, -0.2) is 28.8 Å². The Labute approximate surface area is 293 Å². The van der Waals surface area contributed by atoms with Crippen molar-refractivity contribution in [3.63, 3.8) is 0 Å². The van der Waals surface area contributed by atoms with Crippen LogP contribution in [0.25, 0.3) is 5.57 Å². The van der Waals surface area contributed by atoms with Gasteiger partial charge in [0.05, 0.1) is 33.4 Å². The second kappa shape index (κ2) is 12.9. The number of allylic oxidation sites excluding steroid dienone is 2. The van der Waals surface area contributed by atoms with Gasteiger partial charge >= 0.3 is 35.8 Å². The van der Waals surface area contributed by atoms with Crippen LogP contribution in [0.1, 0.15) is 136 Å². The van der Waals surface area contributed by atoms with Crippen molar-refractivity contribution in [1.82, 2.24) is 0 Å². The molecule has 0 saturated carbocycles. The number of ether oxygens (including phenoxy) is 4. The Morgan fingerprint density at radius 3 is 1.76 bits per heavy atom. The normalized spacial score (nSPS) is 16.5. The zero-order valence-electron chi connectivity index (χ0n) is 28.3. The summed E-state index contributed by atoms with van der Waals surface area (Å²) in [4.78, 5) is 73.4. The molecule has 10 nitrogen and oxygen atoms in total. The van der Waals surface area contributed by atoms with Crippen LogP contribution in [0.4, 0.5) is 0 Å². The van der Waals surface area contributed by atoms with Gasteiger partial charge in [0.1, 0.15) is 11.5 Å². The Kier molecular flexibility index (Phi) is 8.46. The van der Waals surface area contributed by atoms with Crippen LogP contribution in [0.2, 0.25) is 0 Å². The fourth-order valence-electron chi connectivity index (χ4n) is 6.87. The van der Waals surface area contributed by atoms with E-state index in [2.05, 4.69) is 22.5 Å². The molecule has 51 heavy (non-hydrogen) atoms. The molecule has 4 aromatic carbocycles. The number of hydrogen-bond acceptors (Lipinski definition) is 10. The molecule has 10 heteroatoms. The molecular formula is C41H32O10. The molecule has 2 heterocycles. The lowest BCUT2D eigenvalue weighted by Gasteiger charge is -2.27. The summed E-state index contributed by atoms with van der Waals surface area (Å²) in [5.74, 6) is -3.17. The van der Waals surface area contributed by atoms with E-state index in [4.69, 9.17) is 9.47 Å². The molecule has 0 radical (unpaired) electrons. The van der Waals surface area contributed by atoms with Crippen molar-refractivity contribution < 1.29 is 47.7 Å². The highest BCUT2D eigenvalue weighted by Gasteiger charge is 2.32. The molecule has 0 N–H and O–H groups in total. The van der Waals surface area contributed by atoms with Gasteiger partial charge in [0.25, 0.3) is 0 Å². The third-order valence-electron chi connectivity index (χ3n) is 9.63. The van der Waals surface area contributed by atoms with Gasteiger partial charge in [-0.15, -0.1) is 0 Å². The fourth-order valence-corrected chi connectivity index (χ4v) is 6.87. The summed E-state index contributed by atoms with van der Waals surface area (Å²) in [6, 6.07) is 19.9. The Morgan fingerprint density at radius 2 is 1.22 bits per heavy atom. The quantitative estimate of drug-likeness (QED) is 0.107. The summed E-state index contributed by atoms with van der Waals surface area (Å²) in [6.07, 6.45) is 2.59. The Hall–Kier alpha value is -6.16. The largest absolute Gasteiger partial charge is 0.423 e. The molecule has 0 amide bonds. The lowest BCUT2D eigenvalue weighted by Crippen LogP contribution is -2.12. The molecule has 7 rings (SSSR count). The van der Waals surface area contributed by atoms with Gasteiger partial charge in [-0.2, -0.15) is 0 Å². The Balaban J connectivity index is 1.04. The molecule has 4 aromatic rings. The molecule has 0 fully saturated rings. The minimum absolute atomic E-state index is 0.0447. The molecular weight excluding hydrogens is 652 g/mol. The van der Waals surface area contributed by atoms with Gasteiger partial charge in [-0.05, 0) is 127 Å². The van der Waals surface area contributed by atoms with Crippen LogP contribution in [0.15, 0.2) is 78.4 Å². The molecule has 0 saturated heterocycles. The van der Waals surface area contributed by atoms with E-state index in [1.54, 1.807) is 12.1 Å². The van der Waals surface area contributed by atoms with Crippen molar-refractivity contribution in [3.05, 3.63) is 134 Å². The third-order valence-corrected chi connectivity index (χ3v) is 9.63. The highest BCUT2D eigenvalue weighted by molar-refractivity contribution is 6.16. The highest BCUT2D eigenvalue weighted by atomic mass is 16.6. The minimum Gasteiger partial charge on any atom is -0.423 e. The average Bonchev–Trinajstić information content (AvgIpc) is 3.56. The summed E-state index contributed by atoms with van der Waals surface area (Å²) >= 11 is 0. The predicted octanol–water partition coefficient (Wildman–Crippen LogP) is 7.92. The molecule has 256 valence electrons. The monoisotopic (exact) mass is 684 g/mol. The first-order valence-electron chi connectivity index (χ1n) is 16.6. The van der Waals surface area contributed by atoms with E-state index < -0.39 is 35.8 Å². The van der Waals surface area contributed by atoms with Crippen molar-refractivity contribution in [2.45, 2.75) is 58.8 Å². The van der Waals surface area contributed by atoms with Crippen LogP contribution < -0.4 is 9.47 Å². The van der Waals surface area contributed by atoms with E-state index in [1.165, 1.54) is 47.5 Å². The van der Waals surface area contributed by atoms with Gasteiger partial charge in [0.2, 0.25) is 0 Å². The molecule has 1 atom stereocenters. The van der Waals surface area contributed by atoms with Crippen LogP contribution >= 0.6 is 0 Å². The van der Waals surface area contributed by atoms with Crippen LogP contribution in [0.3, 0.4) is 0 Å². The van der Waals surface area contributed by atoms with Crippen molar-refractivity contribution >= 4 is 41.4 Å². The molecule has 2 aliphatic heterocycles. The smallest absolute Gasteiger partial charge is 0.346 e. The predicted molar refractivity (Wildman–Crippen MR) is 183 cm³/mol. The van der Waals surface area contributed by atoms with Crippen molar-refractivity contribution in [3.8, 4) is 11.5 Å². The SMILES string of the molecule is CC1=C(c2ccc(OC(=O)c3ccc4c(c3)C(=O)OC4=O)c(C(C)C)c2)CCC(c2ccc(OC(=O)c3ccc4c(c3)C(=O)OC4=O)c(C)c2)C1. The van der Waals surface area contributed by atoms with E-state index in [0.29, 0.717) is 11.5 Å². The van der Waals surface area contributed by atoms with Gasteiger partial charge < -0.3 is 18.9 Å². The average molecular weight is 685 g/mol. The molecule has 0 bridgehead atoms. The first kappa shape index (κ1) is 33.3. The third kappa shape index (κ3) is 6.25. The Morgan fingerprint density at radius 1 is 0.667 bits per heavy atom. The van der Waals surface area contributed by atoms with Crippen molar-refractivity contribution in [1.29, 1.82) is 0 Å². The number of esters is 6. The summed E-state index contributed by atoms with van der Waals surface area (Å²) in [5, 5.41) is 0. The maximum absolute atomic E-state index is 13.1. The number of fused-ring (bicyclic) bond motifs is 2. The topological polar surface area (TPSA) is 139 Å². The maximum atomic E-state index is 13.1. The molecule has 0 aromatic heterocycles. The number of benzene rings is 4. The van der Waals surface area contributed by atoms with E-state index >= 15 is 0 Å². The van der Waals surface area contributed by atoms with Crippen LogP contribution in [0.5, 0.6) is 11.5 Å². The number of carbonyl (C=O) groups is 6. The van der Waals surface area contributed by atoms with Crippen LogP contribution in [-0.2, 0) is 9.47 Å². The lowest BCUT2D eigenvalue weighted by atomic mass is 9.78. The molecule has 0 spiro atoms. The summed E-state index contributed by atoms with van der Waals surface area (Å²) in [7, 11) is 0. The first-order valence-corrected chi connectivity index (χ1v) is 16.6. The first-order chi connectivity index (χ1) is 24.4. The van der Waals surface area contributed by atoms with E-state index in [-0.39, 0.29) is 45.2 Å². The second-order valence-electron chi connectivity index (χ2n) is 13.3. The van der Waals surface area contributed by atoms with Gasteiger partial charge in [-0.1, -0.05) is 37.6 Å². The van der Waals surface area contributed by atoms with E-state index in [1.807, 2.05) is 39.0 Å². The van der Waals surface area contributed by atoms with E-state index in [9.17, 15) is 28.8 Å². The zero-order valence-corrected chi connectivity index (χ0v) is 28.3. The maximum Gasteiger partial charge on any atom is 0.346 e. The lowest BCUT2D eigenvalue weighted by molar-refractivity contribution is 0.0425. The number of rotatable bonds is 7. The zero-order chi connectivity index (χ0) is 36.1. The van der Waals surface area contributed by atoms with Gasteiger partial charge in [-0.3, -0.25) is 0 Å². The second-order valence-corrected chi connectivity index (χ2v) is 13.3. The molecule has 1 aliphatic carbocycles. The molecule has 1 unspecified atom stereocenters. The van der Waals surface area contributed by atoms with Crippen molar-refractivity contribution in [2.75, 3.05) is 0 Å². The summed E-state index contributed by atoms with van der Waals surface area (Å²) in [5.41, 5.74) is 6.99. The van der Waals surface area contributed by atoms with E-state index in [0.717, 1.165) is 41.5 Å². The number of carbonyl (C=O) groups excluding carboxylic acids is 6. The fraction of sp³-hybridized carbons (Fsp3) is 0.220. The highest BCUT2D eigenvalue weighted by Crippen LogP contribution is 2.42. The van der Waals surface area contributed by atoms with Crippen LogP contribution in [-0.4, -0.2) is 35.8 Å². The minimum atomic E-state index is -0.785. The summed E-state index contributed by atoms with van der Waals surface area (Å²) in [6.45, 7) is 8.07. The number of cyclic esters (lactones) is 4. The number of aryl methyl sites for hydroxylation is 1. The summed E-state index contributed by atoms with van der Waals surface area (Å²) < 4.78 is 20.7. The van der Waals surface area contributed by atoms with Crippen molar-refractivity contribution in [2.24, 2.45) is 0 Å². The van der Waals surface area contributed by atoms with Crippen LogP contribution in [0, 0.1) is 6.92 Å². The number of hydrogen-bond donors (Lipinski definition) is 0. The molecule has 3 aliphatic rings. The van der Waals surface area contributed by atoms with Gasteiger partial charge in [0.15, 0.2) is 0 Å². The standard InChI is InChI=1S/C41H32O10/c1-20(2)31-17-25(9-14-35(31)49-37(43)27-7-12-30-33(19-27)41(47)51-39(30)45)28-10-5-23(15-21(28)3)24-8-13-34(22(4)16-24)48-36(42)26-6-11-29-32(18-26)40(46)50-38(29)44/h6-9,11-14,16-20,23H,5,10,15H2,1-4H3. The Bertz CT molecular complexity index is 2260. The van der Waals surface area contributed by atoms with Gasteiger partial charge in [0, 0.05) is 0 Å².